The number of benzene rings is 1. The monoisotopic (exact) mass is 324 g/mol. The Morgan fingerprint density at radius 2 is 2.11 bits per heavy atom. The first-order chi connectivity index (χ1) is 8.76. The van der Waals surface area contributed by atoms with Crippen LogP contribution in [0.5, 0.6) is 0 Å². The van der Waals surface area contributed by atoms with Gasteiger partial charge in [0, 0.05) is 33.7 Å². The fraction of sp³-hybridized carbons (Fsp3) is 0.286. The minimum Gasteiger partial charge on any atom is -0.366 e. The molecule has 96 valence electrons. The Labute approximate surface area is 121 Å². The van der Waals surface area contributed by atoms with Crippen LogP contribution >= 0.6 is 27.3 Å². The molecule has 1 aromatic carbocycles. The van der Waals surface area contributed by atoms with Crippen molar-refractivity contribution in [3.05, 3.63) is 50.6 Å². The van der Waals surface area contributed by atoms with E-state index in [0.717, 1.165) is 17.6 Å². The molecule has 0 aliphatic rings. The molecule has 1 heterocycles. The highest BCUT2D eigenvalue weighted by Crippen LogP contribution is 2.29. The Hall–Kier alpha value is -0.840. The molecule has 0 aliphatic carbocycles. The Morgan fingerprint density at radius 3 is 2.72 bits per heavy atom. The number of hydrogen-bond acceptors (Lipinski definition) is 3. The van der Waals surface area contributed by atoms with Crippen LogP contribution in [0.4, 0.5) is 5.69 Å². The largest absolute Gasteiger partial charge is 0.366 e. The zero-order chi connectivity index (χ0) is 13.0. The van der Waals surface area contributed by atoms with Gasteiger partial charge in [-0.15, -0.1) is 11.3 Å². The third-order valence-corrected chi connectivity index (χ3v) is 4.55. The third-order valence-electron chi connectivity index (χ3n) is 2.95. The first-order valence-corrected chi connectivity index (χ1v) is 7.68. The number of anilines is 1. The number of nitrogens with zero attached hydrogens (tertiary/aromatic N) is 1. The standard InChI is InChI=1S/C14H17BrN2S/c1-2-17(10-11-5-4-8-18-11)14-7-3-6-13(15)12(14)9-16/h3-8H,2,9-10,16H2,1H3. The van der Waals surface area contributed by atoms with Gasteiger partial charge in [-0.05, 0) is 30.5 Å². The second-order valence-electron chi connectivity index (χ2n) is 4.04. The van der Waals surface area contributed by atoms with Gasteiger partial charge in [0.25, 0.3) is 0 Å². The molecule has 2 aromatic rings. The van der Waals surface area contributed by atoms with Crippen molar-refractivity contribution in [3.8, 4) is 0 Å². The summed E-state index contributed by atoms with van der Waals surface area (Å²) in [5, 5.41) is 2.12. The van der Waals surface area contributed by atoms with Crippen LogP contribution < -0.4 is 10.6 Å². The van der Waals surface area contributed by atoms with E-state index in [1.54, 1.807) is 11.3 Å². The normalized spacial score (nSPS) is 10.6. The first kappa shape index (κ1) is 13.6. The van der Waals surface area contributed by atoms with Gasteiger partial charge in [-0.25, -0.2) is 0 Å². The fourth-order valence-electron chi connectivity index (χ4n) is 2.00. The fourth-order valence-corrected chi connectivity index (χ4v) is 3.24. The van der Waals surface area contributed by atoms with Crippen LogP contribution in [0, 0.1) is 0 Å². The summed E-state index contributed by atoms with van der Waals surface area (Å²) in [6, 6.07) is 10.5. The Balaban J connectivity index is 2.30. The average molecular weight is 325 g/mol. The molecule has 2 rings (SSSR count). The van der Waals surface area contributed by atoms with Crippen molar-refractivity contribution in [2.24, 2.45) is 5.73 Å². The van der Waals surface area contributed by atoms with E-state index >= 15 is 0 Å². The van der Waals surface area contributed by atoms with Gasteiger partial charge in [0.05, 0.1) is 6.54 Å². The van der Waals surface area contributed by atoms with E-state index in [1.165, 1.54) is 16.1 Å². The molecule has 0 fully saturated rings. The second kappa shape index (κ2) is 6.36. The number of rotatable bonds is 5. The molecule has 0 saturated heterocycles. The van der Waals surface area contributed by atoms with E-state index < -0.39 is 0 Å². The van der Waals surface area contributed by atoms with Crippen LogP contribution in [0.15, 0.2) is 40.2 Å². The zero-order valence-corrected chi connectivity index (χ0v) is 12.8. The zero-order valence-electron chi connectivity index (χ0n) is 10.4. The summed E-state index contributed by atoms with van der Waals surface area (Å²) in [7, 11) is 0. The molecule has 0 radical (unpaired) electrons. The molecule has 0 unspecified atom stereocenters. The minimum absolute atomic E-state index is 0.553. The maximum Gasteiger partial charge on any atom is 0.0522 e. The van der Waals surface area contributed by atoms with Gasteiger partial charge in [-0.2, -0.15) is 0 Å². The highest BCUT2D eigenvalue weighted by molar-refractivity contribution is 9.10. The molecule has 2 N–H and O–H groups in total. The molecule has 18 heavy (non-hydrogen) atoms. The van der Waals surface area contributed by atoms with Crippen molar-refractivity contribution in [1.29, 1.82) is 0 Å². The van der Waals surface area contributed by atoms with Gasteiger partial charge in [0.15, 0.2) is 0 Å². The summed E-state index contributed by atoms with van der Waals surface area (Å²) >= 11 is 5.37. The minimum atomic E-state index is 0.553. The van der Waals surface area contributed by atoms with Crippen molar-refractivity contribution in [2.75, 3.05) is 11.4 Å². The van der Waals surface area contributed by atoms with Gasteiger partial charge < -0.3 is 10.6 Å². The molecule has 2 nitrogen and oxygen atoms in total. The lowest BCUT2D eigenvalue weighted by Crippen LogP contribution is -2.23. The Bertz CT molecular complexity index is 497. The van der Waals surface area contributed by atoms with Crippen molar-refractivity contribution in [2.45, 2.75) is 20.0 Å². The van der Waals surface area contributed by atoms with E-state index in [-0.39, 0.29) is 0 Å². The molecule has 0 bridgehead atoms. The van der Waals surface area contributed by atoms with Crippen LogP contribution in [0.2, 0.25) is 0 Å². The lowest BCUT2D eigenvalue weighted by molar-refractivity contribution is 0.830. The Kier molecular flexibility index (Phi) is 4.80. The summed E-state index contributed by atoms with van der Waals surface area (Å²) in [5.74, 6) is 0. The molecule has 0 saturated carbocycles. The van der Waals surface area contributed by atoms with Gasteiger partial charge in [-0.3, -0.25) is 0 Å². The SMILES string of the molecule is CCN(Cc1cccs1)c1cccc(Br)c1CN. The third kappa shape index (κ3) is 2.94. The molecule has 1 aromatic heterocycles. The predicted octanol–water partition coefficient (Wildman–Crippen LogP) is 4.00. The average Bonchev–Trinajstić information content (AvgIpc) is 2.88. The summed E-state index contributed by atoms with van der Waals surface area (Å²) in [6.07, 6.45) is 0. The topological polar surface area (TPSA) is 29.3 Å². The van der Waals surface area contributed by atoms with Gasteiger partial charge in [0.2, 0.25) is 0 Å². The van der Waals surface area contributed by atoms with Crippen molar-refractivity contribution >= 4 is 33.0 Å². The smallest absolute Gasteiger partial charge is 0.0522 e. The molecule has 0 aliphatic heterocycles. The summed E-state index contributed by atoms with van der Waals surface area (Å²) in [5.41, 5.74) is 8.26. The lowest BCUT2D eigenvalue weighted by atomic mass is 10.1. The van der Waals surface area contributed by atoms with Gasteiger partial charge in [0.1, 0.15) is 0 Å². The number of halogens is 1. The van der Waals surface area contributed by atoms with E-state index in [9.17, 15) is 0 Å². The van der Waals surface area contributed by atoms with E-state index in [0.29, 0.717) is 6.54 Å². The van der Waals surface area contributed by atoms with Crippen molar-refractivity contribution in [3.63, 3.8) is 0 Å². The molecule has 0 spiro atoms. The molecular formula is C14H17BrN2S. The maximum atomic E-state index is 5.86. The van der Waals surface area contributed by atoms with Crippen molar-refractivity contribution in [1.82, 2.24) is 0 Å². The summed E-state index contributed by atoms with van der Waals surface area (Å²) < 4.78 is 1.09. The second-order valence-corrected chi connectivity index (χ2v) is 5.92. The highest BCUT2D eigenvalue weighted by Gasteiger charge is 2.12. The molecule has 4 heteroatoms. The molecule has 0 amide bonds. The maximum absolute atomic E-state index is 5.86. The Morgan fingerprint density at radius 1 is 1.28 bits per heavy atom. The van der Waals surface area contributed by atoms with Crippen molar-refractivity contribution < 1.29 is 0 Å². The summed E-state index contributed by atoms with van der Waals surface area (Å²) in [4.78, 5) is 3.73. The van der Waals surface area contributed by atoms with Gasteiger partial charge >= 0.3 is 0 Å². The van der Waals surface area contributed by atoms with E-state index in [1.807, 2.05) is 6.07 Å². The summed E-state index contributed by atoms with van der Waals surface area (Å²) in [6.45, 7) is 4.64. The first-order valence-electron chi connectivity index (χ1n) is 6.01. The van der Waals surface area contributed by atoms with Crippen LogP contribution in [0.1, 0.15) is 17.4 Å². The van der Waals surface area contributed by atoms with Crippen LogP contribution in [-0.4, -0.2) is 6.54 Å². The molecular weight excluding hydrogens is 308 g/mol. The number of hydrogen-bond donors (Lipinski definition) is 1. The van der Waals surface area contributed by atoms with Crippen LogP contribution in [0.25, 0.3) is 0 Å². The predicted molar refractivity (Wildman–Crippen MR) is 83.1 cm³/mol. The molecule has 0 atom stereocenters. The van der Waals surface area contributed by atoms with E-state index in [2.05, 4.69) is 57.4 Å². The quantitative estimate of drug-likeness (QED) is 0.900. The number of thiophene rings is 1. The van der Waals surface area contributed by atoms with Gasteiger partial charge in [-0.1, -0.05) is 28.1 Å². The highest BCUT2D eigenvalue weighted by atomic mass is 79.9. The van der Waals surface area contributed by atoms with E-state index in [4.69, 9.17) is 5.73 Å². The lowest BCUT2D eigenvalue weighted by Gasteiger charge is -2.25. The van der Waals surface area contributed by atoms with Crippen LogP contribution in [0.3, 0.4) is 0 Å². The van der Waals surface area contributed by atoms with Crippen LogP contribution in [-0.2, 0) is 13.1 Å². The number of nitrogens with two attached hydrogens (primary N) is 1.